The van der Waals surface area contributed by atoms with Crippen LogP contribution in [0.3, 0.4) is 0 Å². The van der Waals surface area contributed by atoms with Gasteiger partial charge in [0, 0.05) is 0 Å². The van der Waals surface area contributed by atoms with Crippen molar-refractivity contribution in [3.8, 4) is 5.75 Å². The first-order chi connectivity index (χ1) is 7.61. The summed E-state index contributed by atoms with van der Waals surface area (Å²) in [7, 11) is 0. The summed E-state index contributed by atoms with van der Waals surface area (Å²) in [6.07, 6.45) is 0. The lowest BCUT2D eigenvalue weighted by Crippen LogP contribution is -2.04. The number of ether oxygens (including phenoxy) is 1. The quantitative estimate of drug-likeness (QED) is 0.772. The van der Waals surface area contributed by atoms with Crippen molar-refractivity contribution in [1.29, 1.82) is 0 Å². The van der Waals surface area contributed by atoms with Gasteiger partial charge in [-0.1, -0.05) is 0 Å². The number of aromatic hydroxyl groups is 1. The summed E-state index contributed by atoms with van der Waals surface area (Å²) in [6.45, 7) is 1.88. The second-order valence-electron chi connectivity index (χ2n) is 3.00. The highest BCUT2D eigenvalue weighted by Crippen LogP contribution is 2.25. The van der Waals surface area contributed by atoms with Crippen molar-refractivity contribution in [1.82, 2.24) is 0 Å². The van der Waals surface area contributed by atoms with Gasteiger partial charge < -0.3 is 18.7 Å². The van der Waals surface area contributed by atoms with Crippen LogP contribution in [0.5, 0.6) is 5.75 Å². The number of fused-ring (bicyclic) bond motifs is 1. The summed E-state index contributed by atoms with van der Waals surface area (Å²) in [5.74, 6) is -1.89. The smallest absolute Gasteiger partial charge is 0.504 e. The fraction of sp³-hybridized carbons (Fsp3) is 0.200. The van der Waals surface area contributed by atoms with Crippen LogP contribution >= 0.6 is 0 Å². The second kappa shape index (κ2) is 3.73. The zero-order chi connectivity index (χ0) is 11.7. The maximum atomic E-state index is 11.4. The average molecular weight is 224 g/mol. The van der Waals surface area contributed by atoms with Crippen molar-refractivity contribution in [3.63, 3.8) is 0 Å². The monoisotopic (exact) mass is 224 g/mol. The van der Waals surface area contributed by atoms with Crippen LogP contribution in [0.15, 0.2) is 25.8 Å². The summed E-state index contributed by atoms with van der Waals surface area (Å²) < 4.78 is 13.9. The van der Waals surface area contributed by atoms with Crippen LogP contribution in [-0.2, 0) is 4.74 Å². The molecule has 0 aliphatic rings. The molecule has 0 saturated heterocycles. The summed E-state index contributed by atoms with van der Waals surface area (Å²) in [4.78, 5) is 22.2. The summed E-state index contributed by atoms with van der Waals surface area (Å²) >= 11 is 0. The van der Waals surface area contributed by atoms with Crippen molar-refractivity contribution in [2.24, 2.45) is 0 Å². The van der Waals surface area contributed by atoms with Crippen molar-refractivity contribution >= 4 is 17.1 Å². The third kappa shape index (κ3) is 1.65. The van der Waals surface area contributed by atoms with Gasteiger partial charge in [0.15, 0.2) is 11.3 Å². The van der Waals surface area contributed by atoms with Crippen LogP contribution in [0.25, 0.3) is 11.2 Å². The van der Waals surface area contributed by atoms with Crippen LogP contribution in [0, 0.1) is 0 Å². The predicted molar refractivity (Wildman–Crippen MR) is 52.4 cm³/mol. The molecule has 0 saturated carbocycles. The topological polar surface area (TPSA) is 89.9 Å². The van der Waals surface area contributed by atoms with E-state index in [4.69, 9.17) is 4.74 Å². The standard InChI is InChI=1S/C10H8O6/c1-2-14-9(12)5-3-6(11)8-7(4-5)15-10(13)16-8/h3-4,11H,2H2,1H3. The fourth-order valence-corrected chi connectivity index (χ4v) is 1.29. The van der Waals surface area contributed by atoms with Gasteiger partial charge in [-0.25, -0.2) is 9.59 Å². The normalized spacial score (nSPS) is 10.6. The van der Waals surface area contributed by atoms with Crippen LogP contribution in [0.4, 0.5) is 0 Å². The maximum absolute atomic E-state index is 11.4. The molecule has 0 amide bonds. The molecule has 2 aromatic rings. The van der Waals surface area contributed by atoms with Gasteiger partial charge in [0.1, 0.15) is 0 Å². The average Bonchev–Trinajstić information content (AvgIpc) is 2.59. The molecule has 6 nitrogen and oxygen atoms in total. The number of phenols is 1. The van der Waals surface area contributed by atoms with Gasteiger partial charge in [-0.2, -0.15) is 0 Å². The Morgan fingerprint density at radius 3 is 2.88 bits per heavy atom. The molecule has 0 unspecified atom stereocenters. The molecular weight excluding hydrogens is 216 g/mol. The van der Waals surface area contributed by atoms with E-state index in [0.29, 0.717) is 0 Å². The molecule has 0 radical (unpaired) electrons. The predicted octanol–water partition coefficient (Wildman–Crippen LogP) is 1.27. The first-order valence-electron chi connectivity index (χ1n) is 4.55. The molecule has 1 N–H and O–H groups in total. The lowest BCUT2D eigenvalue weighted by molar-refractivity contribution is 0.0526. The second-order valence-corrected chi connectivity index (χ2v) is 3.00. The van der Waals surface area contributed by atoms with Crippen molar-refractivity contribution in [2.45, 2.75) is 6.92 Å². The minimum atomic E-state index is -0.939. The lowest BCUT2D eigenvalue weighted by atomic mass is 10.2. The Morgan fingerprint density at radius 2 is 2.19 bits per heavy atom. The molecular formula is C10H8O6. The molecule has 0 spiro atoms. The van der Waals surface area contributed by atoms with E-state index in [1.165, 1.54) is 6.07 Å². The van der Waals surface area contributed by atoms with Gasteiger partial charge in [0.05, 0.1) is 12.2 Å². The Morgan fingerprint density at radius 1 is 1.44 bits per heavy atom. The minimum Gasteiger partial charge on any atom is -0.504 e. The van der Waals surface area contributed by atoms with Crippen LogP contribution in [0.2, 0.25) is 0 Å². The Hall–Kier alpha value is -2.24. The SMILES string of the molecule is CCOC(=O)c1cc(O)c2oc(=O)oc2c1. The number of hydrogen-bond donors (Lipinski definition) is 1. The van der Waals surface area contributed by atoms with E-state index >= 15 is 0 Å². The molecule has 6 heteroatoms. The molecule has 0 aliphatic carbocycles. The van der Waals surface area contributed by atoms with Gasteiger partial charge in [-0.3, -0.25) is 0 Å². The van der Waals surface area contributed by atoms with E-state index in [2.05, 4.69) is 8.83 Å². The highest BCUT2D eigenvalue weighted by atomic mass is 16.6. The molecule has 84 valence electrons. The first-order valence-corrected chi connectivity index (χ1v) is 4.55. The molecule has 0 bridgehead atoms. The maximum Gasteiger partial charge on any atom is 0.519 e. The van der Waals surface area contributed by atoms with E-state index in [1.807, 2.05) is 0 Å². The third-order valence-electron chi connectivity index (χ3n) is 1.93. The molecule has 1 aromatic carbocycles. The van der Waals surface area contributed by atoms with Crippen molar-refractivity contribution in [3.05, 3.63) is 28.3 Å². The molecule has 0 aliphatic heterocycles. The number of benzene rings is 1. The number of esters is 1. The van der Waals surface area contributed by atoms with Gasteiger partial charge in [-0.05, 0) is 19.1 Å². The van der Waals surface area contributed by atoms with E-state index in [1.54, 1.807) is 6.92 Å². The van der Waals surface area contributed by atoms with E-state index in [0.717, 1.165) is 6.07 Å². The lowest BCUT2D eigenvalue weighted by Gasteiger charge is -2.01. The fourth-order valence-electron chi connectivity index (χ4n) is 1.29. The van der Waals surface area contributed by atoms with Gasteiger partial charge in [0.2, 0.25) is 5.58 Å². The van der Waals surface area contributed by atoms with E-state index < -0.39 is 11.8 Å². The van der Waals surface area contributed by atoms with Crippen LogP contribution in [-0.4, -0.2) is 17.7 Å². The zero-order valence-electron chi connectivity index (χ0n) is 8.35. The zero-order valence-corrected chi connectivity index (χ0v) is 8.35. The molecule has 0 atom stereocenters. The Kier molecular flexibility index (Phi) is 2.40. The van der Waals surface area contributed by atoms with Gasteiger partial charge in [-0.15, -0.1) is 0 Å². The first kappa shape index (κ1) is 10.3. The minimum absolute atomic E-state index is 0.00746. The van der Waals surface area contributed by atoms with Gasteiger partial charge in [0.25, 0.3) is 0 Å². The van der Waals surface area contributed by atoms with E-state index in [9.17, 15) is 14.7 Å². The van der Waals surface area contributed by atoms with E-state index in [-0.39, 0.29) is 29.1 Å². The van der Waals surface area contributed by atoms with Crippen molar-refractivity contribution in [2.75, 3.05) is 6.61 Å². The highest BCUT2D eigenvalue weighted by molar-refractivity contribution is 5.94. The Labute approximate surface area is 89.0 Å². The highest BCUT2D eigenvalue weighted by Gasteiger charge is 2.15. The summed E-state index contributed by atoms with van der Waals surface area (Å²) in [5, 5.41) is 9.48. The number of rotatable bonds is 2. The van der Waals surface area contributed by atoms with Gasteiger partial charge >= 0.3 is 11.8 Å². The van der Waals surface area contributed by atoms with Crippen LogP contribution < -0.4 is 5.82 Å². The molecule has 1 aromatic heterocycles. The largest absolute Gasteiger partial charge is 0.519 e. The van der Waals surface area contributed by atoms with Crippen LogP contribution in [0.1, 0.15) is 17.3 Å². The number of phenolic OH excluding ortho intramolecular Hbond substituents is 1. The molecule has 0 fully saturated rings. The number of hydrogen-bond acceptors (Lipinski definition) is 6. The molecule has 2 rings (SSSR count). The molecule has 1 heterocycles. The number of carbonyl (C=O) groups is 1. The number of carbonyl (C=O) groups excluding carboxylic acids is 1. The Bertz CT molecular complexity index is 591. The summed E-state index contributed by atoms with van der Waals surface area (Å²) in [5.41, 5.74) is 0.0162. The third-order valence-corrected chi connectivity index (χ3v) is 1.93. The summed E-state index contributed by atoms with van der Waals surface area (Å²) in [6, 6.07) is 2.43. The Balaban J connectivity index is 2.57. The van der Waals surface area contributed by atoms with Crippen molar-refractivity contribution < 1.29 is 23.5 Å². The molecule has 16 heavy (non-hydrogen) atoms.